The van der Waals surface area contributed by atoms with Gasteiger partial charge in [0.1, 0.15) is 0 Å². The Balaban J connectivity index is 2.37. The lowest BCUT2D eigenvalue weighted by Gasteiger charge is -2.32. The van der Waals surface area contributed by atoms with Gasteiger partial charge < -0.3 is 4.74 Å². The molecule has 1 aliphatic heterocycles. The summed E-state index contributed by atoms with van der Waals surface area (Å²) in [5, 5.41) is 0. The Morgan fingerprint density at radius 3 is 2.82 bits per heavy atom. The standard InChI is InChI=1S/C14H17NO2/c1-3-13(16)15-10-9-11-7-5-6-8-12(11)14(15)17-4-2/h5-10,14H,3-4H2,1-2H3. The van der Waals surface area contributed by atoms with Gasteiger partial charge in [-0.05, 0) is 18.6 Å². The molecule has 17 heavy (non-hydrogen) atoms. The fraction of sp³-hybridized carbons (Fsp3) is 0.357. The van der Waals surface area contributed by atoms with E-state index < -0.39 is 0 Å². The van der Waals surface area contributed by atoms with E-state index in [1.54, 1.807) is 4.90 Å². The lowest BCUT2D eigenvalue weighted by molar-refractivity contribution is -0.140. The van der Waals surface area contributed by atoms with E-state index in [2.05, 4.69) is 0 Å². The molecule has 1 aromatic carbocycles. The second kappa shape index (κ2) is 5.15. The summed E-state index contributed by atoms with van der Waals surface area (Å²) in [7, 11) is 0. The van der Waals surface area contributed by atoms with Crippen molar-refractivity contribution in [1.29, 1.82) is 0 Å². The summed E-state index contributed by atoms with van der Waals surface area (Å²) in [5.74, 6) is 0.0780. The fourth-order valence-electron chi connectivity index (χ4n) is 2.00. The van der Waals surface area contributed by atoms with Gasteiger partial charge in [-0.3, -0.25) is 9.69 Å². The second-order valence-electron chi connectivity index (χ2n) is 3.91. The van der Waals surface area contributed by atoms with Crippen molar-refractivity contribution < 1.29 is 9.53 Å². The van der Waals surface area contributed by atoms with Crippen LogP contribution in [0.5, 0.6) is 0 Å². The SMILES string of the molecule is CCOC1c2ccccc2C=CN1C(=O)CC. The number of rotatable bonds is 3. The largest absolute Gasteiger partial charge is 0.354 e. The number of amides is 1. The molecule has 2 rings (SSSR count). The van der Waals surface area contributed by atoms with Crippen molar-refractivity contribution in [2.24, 2.45) is 0 Å². The first-order chi connectivity index (χ1) is 8.27. The molecule has 0 fully saturated rings. The lowest BCUT2D eigenvalue weighted by Crippen LogP contribution is -2.33. The summed E-state index contributed by atoms with van der Waals surface area (Å²) in [6.07, 6.45) is 3.97. The normalized spacial score (nSPS) is 18.0. The first-order valence-corrected chi connectivity index (χ1v) is 5.97. The van der Waals surface area contributed by atoms with Crippen molar-refractivity contribution in [3.05, 3.63) is 41.6 Å². The summed E-state index contributed by atoms with van der Waals surface area (Å²) in [5.41, 5.74) is 2.17. The van der Waals surface area contributed by atoms with Gasteiger partial charge in [-0.25, -0.2) is 0 Å². The van der Waals surface area contributed by atoms with Gasteiger partial charge in [0.2, 0.25) is 5.91 Å². The highest BCUT2D eigenvalue weighted by Gasteiger charge is 2.26. The molecule has 0 saturated heterocycles. The highest BCUT2D eigenvalue weighted by atomic mass is 16.5. The zero-order chi connectivity index (χ0) is 12.3. The topological polar surface area (TPSA) is 29.5 Å². The van der Waals surface area contributed by atoms with Crippen LogP contribution in [0.1, 0.15) is 37.6 Å². The molecule has 3 heteroatoms. The van der Waals surface area contributed by atoms with Gasteiger partial charge >= 0.3 is 0 Å². The molecule has 90 valence electrons. The van der Waals surface area contributed by atoms with Crippen LogP contribution >= 0.6 is 0 Å². The minimum Gasteiger partial charge on any atom is -0.354 e. The minimum absolute atomic E-state index is 0.0780. The van der Waals surface area contributed by atoms with Gasteiger partial charge in [0.05, 0.1) is 0 Å². The Labute approximate surface area is 102 Å². The van der Waals surface area contributed by atoms with Gasteiger partial charge in [-0.2, -0.15) is 0 Å². The number of nitrogens with zero attached hydrogens (tertiary/aromatic N) is 1. The zero-order valence-corrected chi connectivity index (χ0v) is 10.2. The molecule has 3 nitrogen and oxygen atoms in total. The zero-order valence-electron chi connectivity index (χ0n) is 10.2. The molecule has 1 heterocycles. The molecule has 0 spiro atoms. The Kier molecular flexibility index (Phi) is 3.59. The van der Waals surface area contributed by atoms with Crippen LogP contribution in [0.15, 0.2) is 30.5 Å². The highest BCUT2D eigenvalue weighted by Crippen LogP contribution is 2.31. The van der Waals surface area contributed by atoms with E-state index in [4.69, 9.17) is 4.74 Å². The summed E-state index contributed by atoms with van der Waals surface area (Å²) < 4.78 is 5.70. The average molecular weight is 231 g/mol. The van der Waals surface area contributed by atoms with Crippen molar-refractivity contribution >= 4 is 12.0 Å². The van der Waals surface area contributed by atoms with Crippen molar-refractivity contribution in [3.63, 3.8) is 0 Å². The third-order valence-corrected chi connectivity index (χ3v) is 2.84. The molecule has 0 radical (unpaired) electrons. The predicted molar refractivity (Wildman–Crippen MR) is 67.0 cm³/mol. The van der Waals surface area contributed by atoms with E-state index in [1.165, 1.54) is 0 Å². The van der Waals surface area contributed by atoms with Gasteiger partial charge in [0.25, 0.3) is 0 Å². The van der Waals surface area contributed by atoms with Crippen LogP contribution < -0.4 is 0 Å². The van der Waals surface area contributed by atoms with Crippen LogP contribution in [0.2, 0.25) is 0 Å². The van der Waals surface area contributed by atoms with Gasteiger partial charge in [0, 0.05) is 24.8 Å². The molecule has 0 aromatic heterocycles. The van der Waals surface area contributed by atoms with Crippen molar-refractivity contribution in [3.8, 4) is 0 Å². The van der Waals surface area contributed by atoms with E-state index >= 15 is 0 Å². The maximum absolute atomic E-state index is 11.9. The van der Waals surface area contributed by atoms with Crippen molar-refractivity contribution in [2.75, 3.05) is 6.61 Å². The molecular formula is C14H17NO2. The Hall–Kier alpha value is -1.61. The van der Waals surface area contributed by atoms with E-state index in [-0.39, 0.29) is 12.1 Å². The monoisotopic (exact) mass is 231 g/mol. The number of hydrogen-bond acceptors (Lipinski definition) is 2. The maximum Gasteiger partial charge on any atom is 0.228 e. The molecule has 1 atom stereocenters. The molecule has 0 bridgehead atoms. The Morgan fingerprint density at radius 2 is 2.12 bits per heavy atom. The third kappa shape index (κ3) is 2.24. The molecule has 1 aliphatic rings. The Bertz CT molecular complexity index is 440. The van der Waals surface area contributed by atoms with Crippen LogP contribution in [-0.4, -0.2) is 17.4 Å². The van der Waals surface area contributed by atoms with Gasteiger partial charge in [-0.15, -0.1) is 0 Å². The summed E-state index contributed by atoms with van der Waals surface area (Å²) in [4.78, 5) is 13.5. The fourth-order valence-corrected chi connectivity index (χ4v) is 2.00. The van der Waals surface area contributed by atoms with Crippen LogP contribution in [0, 0.1) is 0 Å². The van der Waals surface area contributed by atoms with E-state index in [0.717, 1.165) is 11.1 Å². The molecule has 0 N–H and O–H groups in total. The van der Waals surface area contributed by atoms with Crippen molar-refractivity contribution in [2.45, 2.75) is 26.5 Å². The minimum atomic E-state index is -0.284. The maximum atomic E-state index is 11.9. The number of carbonyl (C=O) groups is 1. The molecule has 0 saturated carbocycles. The van der Waals surface area contributed by atoms with Crippen LogP contribution in [0.25, 0.3) is 6.08 Å². The lowest BCUT2D eigenvalue weighted by atomic mass is 10.0. The van der Waals surface area contributed by atoms with Crippen molar-refractivity contribution in [1.82, 2.24) is 4.90 Å². The average Bonchev–Trinajstić information content (AvgIpc) is 2.38. The van der Waals surface area contributed by atoms with E-state index in [9.17, 15) is 4.79 Å². The molecule has 1 unspecified atom stereocenters. The van der Waals surface area contributed by atoms with Crippen LogP contribution in [-0.2, 0) is 9.53 Å². The predicted octanol–water partition coefficient (Wildman–Crippen LogP) is 2.94. The number of hydrogen-bond donors (Lipinski definition) is 0. The first-order valence-electron chi connectivity index (χ1n) is 5.97. The quantitative estimate of drug-likeness (QED) is 0.800. The van der Waals surface area contributed by atoms with E-state index in [0.29, 0.717) is 13.0 Å². The summed E-state index contributed by atoms with van der Waals surface area (Å²) in [6, 6.07) is 8.00. The van der Waals surface area contributed by atoms with Crippen LogP contribution in [0.4, 0.5) is 0 Å². The third-order valence-electron chi connectivity index (χ3n) is 2.84. The second-order valence-corrected chi connectivity index (χ2v) is 3.91. The Morgan fingerprint density at radius 1 is 1.35 bits per heavy atom. The van der Waals surface area contributed by atoms with Gasteiger partial charge in [-0.1, -0.05) is 31.2 Å². The highest BCUT2D eigenvalue weighted by molar-refractivity contribution is 5.79. The molecule has 0 aliphatic carbocycles. The molecule has 1 aromatic rings. The van der Waals surface area contributed by atoms with E-state index in [1.807, 2.05) is 50.4 Å². The first kappa shape index (κ1) is 11.9. The smallest absolute Gasteiger partial charge is 0.228 e. The van der Waals surface area contributed by atoms with Crippen LogP contribution in [0.3, 0.4) is 0 Å². The molecule has 1 amide bonds. The molecular weight excluding hydrogens is 214 g/mol. The van der Waals surface area contributed by atoms with Gasteiger partial charge in [0.15, 0.2) is 6.23 Å². The number of ether oxygens (including phenoxy) is 1. The summed E-state index contributed by atoms with van der Waals surface area (Å²) >= 11 is 0. The number of fused-ring (bicyclic) bond motifs is 1. The number of carbonyl (C=O) groups excluding carboxylic acids is 1. The number of benzene rings is 1. The summed E-state index contributed by atoms with van der Waals surface area (Å²) in [6.45, 7) is 4.38.